The molecule has 2 rings (SSSR count). The number of rotatable bonds is 0. The molecule has 0 spiro atoms. The quantitative estimate of drug-likeness (QED) is 0.584. The third-order valence-corrected chi connectivity index (χ3v) is 3.83. The largest absolute Gasteiger partial charge is 0.313 e. The van der Waals surface area contributed by atoms with Crippen LogP contribution in [0.15, 0.2) is 0 Å². The third-order valence-electron chi connectivity index (χ3n) is 3.83. The predicted molar refractivity (Wildman–Crippen MR) is 52.1 cm³/mol. The lowest BCUT2D eigenvalue weighted by Crippen LogP contribution is -2.52. The molecule has 1 aliphatic heterocycles. The van der Waals surface area contributed by atoms with Crippen molar-refractivity contribution in [2.24, 2.45) is 11.3 Å². The van der Waals surface area contributed by atoms with Gasteiger partial charge in [-0.25, -0.2) is 0 Å². The molecule has 1 saturated carbocycles. The summed E-state index contributed by atoms with van der Waals surface area (Å²) in [5.74, 6) is 0.988. The molecule has 1 nitrogen and oxygen atoms in total. The second kappa shape index (κ2) is 3.02. The van der Waals surface area contributed by atoms with Crippen LogP contribution >= 0.6 is 0 Å². The Morgan fingerprint density at radius 3 is 2.67 bits per heavy atom. The fourth-order valence-electron chi connectivity index (χ4n) is 3.16. The number of nitrogens with one attached hydrogen (secondary N) is 1. The summed E-state index contributed by atoms with van der Waals surface area (Å²) in [6.07, 6.45) is 7.22. The van der Waals surface area contributed by atoms with Crippen molar-refractivity contribution in [3.8, 4) is 0 Å². The molecule has 12 heavy (non-hydrogen) atoms. The smallest absolute Gasteiger partial charge is 0.0146 e. The van der Waals surface area contributed by atoms with E-state index in [0.29, 0.717) is 5.41 Å². The van der Waals surface area contributed by atoms with Crippen molar-refractivity contribution in [3.05, 3.63) is 0 Å². The zero-order valence-electron chi connectivity index (χ0n) is 8.40. The monoisotopic (exact) mass is 167 g/mol. The Labute approximate surface area is 75.9 Å². The highest BCUT2D eigenvalue weighted by atomic mass is 15.0. The van der Waals surface area contributed by atoms with Crippen molar-refractivity contribution >= 4 is 0 Å². The van der Waals surface area contributed by atoms with Crippen molar-refractivity contribution < 1.29 is 0 Å². The maximum absolute atomic E-state index is 3.71. The molecular weight excluding hydrogens is 146 g/mol. The standard InChI is InChI=1S/C11H21N/c1-11(2)7-3-5-9-6-4-8-12-10(9)11/h9-10,12H,3-8H2,1-2H3. The molecular formula is C11H21N. The topological polar surface area (TPSA) is 12.0 Å². The molecule has 0 aromatic rings. The van der Waals surface area contributed by atoms with Gasteiger partial charge in [-0.1, -0.05) is 20.3 Å². The van der Waals surface area contributed by atoms with Gasteiger partial charge in [0.05, 0.1) is 0 Å². The summed E-state index contributed by atoms with van der Waals surface area (Å²) in [6.45, 7) is 6.12. The zero-order valence-corrected chi connectivity index (χ0v) is 8.40. The fourth-order valence-corrected chi connectivity index (χ4v) is 3.16. The van der Waals surface area contributed by atoms with E-state index in [0.717, 1.165) is 12.0 Å². The van der Waals surface area contributed by atoms with Gasteiger partial charge in [0.25, 0.3) is 0 Å². The average molecular weight is 167 g/mol. The molecule has 0 aromatic carbocycles. The SMILES string of the molecule is CC1(C)CCCC2CCCNC21. The van der Waals surface area contributed by atoms with Crippen LogP contribution in [0.25, 0.3) is 0 Å². The normalized spacial score (nSPS) is 40.5. The lowest BCUT2D eigenvalue weighted by atomic mass is 9.65. The molecule has 2 atom stereocenters. The van der Waals surface area contributed by atoms with E-state index in [1.54, 1.807) is 0 Å². The second-order valence-electron chi connectivity index (χ2n) is 5.21. The average Bonchev–Trinajstić information content (AvgIpc) is 2.04. The van der Waals surface area contributed by atoms with Crippen LogP contribution in [0.3, 0.4) is 0 Å². The Bertz CT molecular complexity index is 160. The first-order valence-electron chi connectivity index (χ1n) is 5.43. The Kier molecular flexibility index (Phi) is 2.16. The van der Waals surface area contributed by atoms with E-state index in [-0.39, 0.29) is 0 Å². The summed E-state index contributed by atoms with van der Waals surface area (Å²) >= 11 is 0. The van der Waals surface area contributed by atoms with E-state index < -0.39 is 0 Å². The van der Waals surface area contributed by atoms with Gasteiger partial charge in [-0.3, -0.25) is 0 Å². The van der Waals surface area contributed by atoms with E-state index in [1.165, 1.54) is 38.6 Å². The summed E-state index contributed by atoms with van der Waals surface area (Å²) < 4.78 is 0. The maximum atomic E-state index is 3.71. The van der Waals surface area contributed by atoms with Crippen molar-refractivity contribution in [2.45, 2.75) is 52.0 Å². The van der Waals surface area contributed by atoms with Crippen LogP contribution in [0.2, 0.25) is 0 Å². The van der Waals surface area contributed by atoms with Gasteiger partial charge in [0.2, 0.25) is 0 Å². The highest BCUT2D eigenvalue weighted by Crippen LogP contribution is 2.41. The predicted octanol–water partition coefficient (Wildman–Crippen LogP) is 2.56. The van der Waals surface area contributed by atoms with Gasteiger partial charge in [0.1, 0.15) is 0 Å². The van der Waals surface area contributed by atoms with Crippen LogP contribution in [0, 0.1) is 11.3 Å². The van der Waals surface area contributed by atoms with Gasteiger partial charge < -0.3 is 5.32 Å². The van der Waals surface area contributed by atoms with Gasteiger partial charge >= 0.3 is 0 Å². The molecule has 1 saturated heterocycles. The van der Waals surface area contributed by atoms with Crippen LogP contribution < -0.4 is 5.32 Å². The summed E-state index contributed by atoms with van der Waals surface area (Å²) in [7, 11) is 0. The summed E-state index contributed by atoms with van der Waals surface area (Å²) in [5, 5.41) is 3.71. The number of fused-ring (bicyclic) bond motifs is 1. The first kappa shape index (κ1) is 8.55. The molecule has 1 heterocycles. The highest BCUT2D eigenvalue weighted by Gasteiger charge is 2.39. The van der Waals surface area contributed by atoms with Crippen molar-refractivity contribution in [1.82, 2.24) is 5.32 Å². The minimum absolute atomic E-state index is 0.559. The van der Waals surface area contributed by atoms with Crippen LogP contribution in [-0.4, -0.2) is 12.6 Å². The van der Waals surface area contributed by atoms with Crippen LogP contribution in [-0.2, 0) is 0 Å². The van der Waals surface area contributed by atoms with Crippen LogP contribution in [0.1, 0.15) is 46.0 Å². The Morgan fingerprint density at radius 1 is 1.17 bits per heavy atom. The van der Waals surface area contributed by atoms with Crippen LogP contribution in [0.5, 0.6) is 0 Å². The highest BCUT2D eigenvalue weighted by molar-refractivity contribution is 4.95. The van der Waals surface area contributed by atoms with Gasteiger partial charge in [0.15, 0.2) is 0 Å². The fraction of sp³-hybridized carbons (Fsp3) is 1.00. The van der Waals surface area contributed by atoms with Crippen molar-refractivity contribution in [2.75, 3.05) is 6.54 Å². The molecule has 1 N–H and O–H groups in total. The molecule has 1 heteroatoms. The molecule has 2 unspecified atom stereocenters. The second-order valence-corrected chi connectivity index (χ2v) is 5.21. The Morgan fingerprint density at radius 2 is 1.92 bits per heavy atom. The molecule has 0 radical (unpaired) electrons. The summed E-state index contributed by atoms with van der Waals surface area (Å²) in [6, 6.07) is 0.819. The van der Waals surface area contributed by atoms with Gasteiger partial charge in [-0.2, -0.15) is 0 Å². The van der Waals surface area contributed by atoms with Gasteiger partial charge in [-0.05, 0) is 43.6 Å². The molecule has 1 aliphatic carbocycles. The van der Waals surface area contributed by atoms with E-state index in [1.807, 2.05) is 0 Å². The lowest BCUT2D eigenvalue weighted by molar-refractivity contribution is 0.0825. The number of piperidine rings is 1. The summed E-state index contributed by atoms with van der Waals surface area (Å²) in [5.41, 5.74) is 0.559. The van der Waals surface area contributed by atoms with E-state index in [9.17, 15) is 0 Å². The zero-order chi connectivity index (χ0) is 8.60. The van der Waals surface area contributed by atoms with Crippen LogP contribution in [0.4, 0.5) is 0 Å². The minimum Gasteiger partial charge on any atom is -0.313 e. The maximum Gasteiger partial charge on any atom is 0.0146 e. The van der Waals surface area contributed by atoms with Gasteiger partial charge in [-0.15, -0.1) is 0 Å². The molecule has 0 amide bonds. The van der Waals surface area contributed by atoms with Gasteiger partial charge in [0, 0.05) is 6.04 Å². The van der Waals surface area contributed by atoms with Crippen molar-refractivity contribution in [3.63, 3.8) is 0 Å². The minimum atomic E-state index is 0.559. The molecule has 2 aliphatic rings. The van der Waals surface area contributed by atoms with E-state index in [2.05, 4.69) is 19.2 Å². The van der Waals surface area contributed by atoms with E-state index in [4.69, 9.17) is 0 Å². The van der Waals surface area contributed by atoms with E-state index >= 15 is 0 Å². The first-order valence-corrected chi connectivity index (χ1v) is 5.43. The lowest BCUT2D eigenvalue weighted by Gasteiger charge is -2.47. The summed E-state index contributed by atoms with van der Waals surface area (Å²) in [4.78, 5) is 0. The van der Waals surface area contributed by atoms with Crippen molar-refractivity contribution in [1.29, 1.82) is 0 Å². The molecule has 2 fully saturated rings. The third kappa shape index (κ3) is 1.39. The first-order chi connectivity index (χ1) is 5.70. The molecule has 0 bridgehead atoms. The molecule has 70 valence electrons. The molecule has 0 aromatic heterocycles. The number of hydrogen-bond acceptors (Lipinski definition) is 1. The Balaban J connectivity index is 2.09. The number of hydrogen-bond donors (Lipinski definition) is 1. The Hall–Kier alpha value is -0.0400.